The summed E-state index contributed by atoms with van der Waals surface area (Å²) in [5.41, 5.74) is 0.983. The zero-order valence-electron chi connectivity index (χ0n) is 11.8. The van der Waals surface area contributed by atoms with Gasteiger partial charge in [-0.2, -0.15) is 0 Å². The molecular weight excluding hydrogens is 295 g/mol. The predicted octanol–water partition coefficient (Wildman–Crippen LogP) is 3.77. The maximum Gasteiger partial charge on any atom is 0.163 e. The van der Waals surface area contributed by atoms with Crippen molar-refractivity contribution >= 4 is 11.6 Å². The summed E-state index contributed by atoms with van der Waals surface area (Å²) in [6.07, 6.45) is -0.740. The number of hydrogen-bond acceptors (Lipinski definition) is 3. The van der Waals surface area contributed by atoms with Gasteiger partial charge in [-0.1, -0.05) is 23.7 Å². The third kappa shape index (κ3) is 3.65. The van der Waals surface area contributed by atoms with E-state index in [-0.39, 0.29) is 17.7 Å². The van der Waals surface area contributed by atoms with Crippen LogP contribution in [-0.2, 0) is 6.42 Å². The van der Waals surface area contributed by atoms with Crippen LogP contribution in [0.4, 0.5) is 4.39 Å². The molecule has 112 valence electrons. The number of methoxy groups -OCH3 is 2. The van der Waals surface area contributed by atoms with Gasteiger partial charge in [0.25, 0.3) is 0 Å². The van der Waals surface area contributed by atoms with Crippen LogP contribution in [0.15, 0.2) is 36.4 Å². The van der Waals surface area contributed by atoms with Gasteiger partial charge in [-0.3, -0.25) is 0 Å². The molecule has 3 nitrogen and oxygen atoms in total. The molecule has 1 unspecified atom stereocenters. The number of rotatable bonds is 5. The van der Waals surface area contributed by atoms with E-state index in [1.165, 1.54) is 26.4 Å². The number of benzene rings is 2. The molecule has 2 aromatic carbocycles. The van der Waals surface area contributed by atoms with Crippen LogP contribution in [-0.4, -0.2) is 19.3 Å². The van der Waals surface area contributed by atoms with Crippen molar-refractivity contribution in [1.29, 1.82) is 0 Å². The van der Waals surface area contributed by atoms with Crippen LogP contribution in [0.1, 0.15) is 17.2 Å². The molecule has 2 rings (SSSR count). The van der Waals surface area contributed by atoms with Crippen LogP contribution < -0.4 is 9.47 Å². The van der Waals surface area contributed by atoms with Crippen LogP contribution in [0.5, 0.6) is 11.5 Å². The topological polar surface area (TPSA) is 38.7 Å². The zero-order chi connectivity index (χ0) is 15.4. The van der Waals surface area contributed by atoms with Crippen molar-refractivity contribution in [2.45, 2.75) is 12.5 Å². The molecule has 0 aromatic heterocycles. The number of aliphatic hydroxyl groups is 1. The lowest BCUT2D eigenvalue weighted by Gasteiger charge is -2.15. The highest BCUT2D eigenvalue weighted by atomic mass is 35.5. The fourth-order valence-corrected chi connectivity index (χ4v) is 2.34. The Hall–Kier alpha value is -1.78. The summed E-state index contributed by atoms with van der Waals surface area (Å²) < 4.78 is 24.2. The van der Waals surface area contributed by atoms with Crippen LogP contribution in [0.25, 0.3) is 0 Å². The van der Waals surface area contributed by atoms with E-state index in [4.69, 9.17) is 21.1 Å². The third-order valence-electron chi connectivity index (χ3n) is 3.18. The minimum absolute atomic E-state index is 0.160. The first kappa shape index (κ1) is 15.6. The Bertz CT molecular complexity index is 631. The second-order valence-corrected chi connectivity index (χ2v) is 5.01. The highest BCUT2D eigenvalue weighted by Gasteiger charge is 2.18. The third-order valence-corrected chi connectivity index (χ3v) is 3.42. The summed E-state index contributed by atoms with van der Waals surface area (Å²) in [6, 6.07) is 9.75. The van der Waals surface area contributed by atoms with Gasteiger partial charge < -0.3 is 14.6 Å². The molecule has 5 heteroatoms. The summed E-state index contributed by atoms with van der Waals surface area (Å²) in [5, 5.41) is 10.8. The van der Waals surface area contributed by atoms with Crippen LogP contribution in [0.2, 0.25) is 5.02 Å². The van der Waals surface area contributed by atoms with Crippen molar-refractivity contribution in [1.82, 2.24) is 0 Å². The number of aliphatic hydroxyl groups excluding tert-OH is 1. The van der Waals surface area contributed by atoms with Gasteiger partial charge in [0.05, 0.1) is 20.3 Å². The van der Waals surface area contributed by atoms with E-state index in [0.717, 1.165) is 5.56 Å². The quantitative estimate of drug-likeness (QED) is 0.913. The first-order chi connectivity index (χ1) is 10.0. The number of ether oxygens (including phenoxy) is 2. The van der Waals surface area contributed by atoms with Gasteiger partial charge in [-0.05, 0) is 23.8 Å². The highest BCUT2D eigenvalue weighted by Crippen LogP contribution is 2.33. The van der Waals surface area contributed by atoms with E-state index in [1.807, 2.05) is 6.07 Å². The second kappa shape index (κ2) is 6.78. The molecule has 2 aromatic rings. The molecule has 0 bridgehead atoms. The lowest BCUT2D eigenvalue weighted by molar-refractivity contribution is 0.173. The standard InChI is InChI=1S/C16H16ClFO3/c1-20-15-8-12(13(18)9-16(15)21-2)14(19)7-10-4-3-5-11(17)6-10/h3-6,8-9,14,19H,7H2,1-2H3. The molecule has 21 heavy (non-hydrogen) atoms. The Labute approximate surface area is 127 Å². The Kier molecular flexibility index (Phi) is 5.04. The van der Waals surface area contributed by atoms with E-state index < -0.39 is 11.9 Å². The van der Waals surface area contributed by atoms with Crippen LogP contribution in [0, 0.1) is 5.82 Å². The fourth-order valence-electron chi connectivity index (χ4n) is 2.12. The van der Waals surface area contributed by atoms with Crippen molar-refractivity contribution < 1.29 is 19.0 Å². The van der Waals surface area contributed by atoms with Crippen molar-refractivity contribution in [3.8, 4) is 11.5 Å². The minimum Gasteiger partial charge on any atom is -0.493 e. The maximum atomic E-state index is 14.1. The summed E-state index contributed by atoms with van der Waals surface area (Å²) >= 11 is 5.90. The van der Waals surface area contributed by atoms with E-state index in [1.54, 1.807) is 18.2 Å². The monoisotopic (exact) mass is 310 g/mol. The van der Waals surface area contributed by atoms with Gasteiger partial charge in [-0.15, -0.1) is 0 Å². The minimum atomic E-state index is -0.997. The Morgan fingerprint density at radius 1 is 1.14 bits per heavy atom. The highest BCUT2D eigenvalue weighted by molar-refractivity contribution is 6.30. The smallest absolute Gasteiger partial charge is 0.163 e. The van der Waals surface area contributed by atoms with Crippen LogP contribution >= 0.6 is 11.6 Å². The number of halogens is 2. The molecule has 1 N–H and O–H groups in total. The normalized spacial score (nSPS) is 12.0. The number of hydrogen-bond donors (Lipinski definition) is 1. The summed E-state index contributed by atoms with van der Waals surface area (Å²) in [4.78, 5) is 0. The van der Waals surface area contributed by atoms with Gasteiger partial charge in [0, 0.05) is 23.1 Å². The molecule has 0 amide bonds. The van der Waals surface area contributed by atoms with Gasteiger partial charge in [0.2, 0.25) is 0 Å². The van der Waals surface area contributed by atoms with E-state index in [9.17, 15) is 9.50 Å². The molecule has 0 heterocycles. The molecule has 1 atom stereocenters. The maximum absolute atomic E-state index is 14.1. The average molecular weight is 311 g/mol. The summed E-state index contributed by atoms with van der Waals surface area (Å²) in [5.74, 6) is 0.120. The summed E-state index contributed by atoms with van der Waals surface area (Å²) in [6.45, 7) is 0. The van der Waals surface area contributed by atoms with Crippen molar-refractivity contribution in [2.75, 3.05) is 14.2 Å². The zero-order valence-corrected chi connectivity index (χ0v) is 12.5. The first-order valence-electron chi connectivity index (χ1n) is 6.39. The Morgan fingerprint density at radius 3 is 2.43 bits per heavy atom. The molecule has 0 aliphatic heterocycles. The Balaban J connectivity index is 2.28. The van der Waals surface area contributed by atoms with Gasteiger partial charge in [-0.25, -0.2) is 4.39 Å². The molecule has 0 aliphatic carbocycles. The first-order valence-corrected chi connectivity index (χ1v) is 6.77. The van der Waals surface area contributed by atoms with E-state index in [2.05, 4.69) is 0 Å². The van der Waals surface area contributed by atoms with Crippen molar-refractivity contribution in [2.24, 2.45) is 0 Å². The van der Waals surface area contributed by atoms with Crippen LogP contribution in [0.3, 0.4) is 0 Å². The molecular formula is C16H16ClFO3. The van der Waals surface area contributed by atoms with Gasteiger partial charge in [0.1, 0.15) is 5.82 Å². The molecule has 0 fully saturated rings. The largest absolute Gasteiger partial charge is 0.493 e. The predicted molar refractivity (Wildman–Crippen MR) is 79.6 cm³/mol. The molecule has 0 radical (unpaired) electrons. The van der Waals surface area contributed by atoms with Gasteiger partial charge >= 0.3 is 0 Å². The fraction of sp³-hybridized carbons (Fsp3) is 0.250. The van der Waals surface area contributed by atoms with E-state index >= 15 is 0 Å². The lowest BCUT2D eigenvalue weighted by Crippen LogP contribution is -2.06. The Morgan fingerprint density at radius 2 is 1.81 bits per heavy atom. The van der Waals surface area contributed by atoms with Crippen molar-refractivity contribution in [3.05, 3.63) is 58.4 Å². The second-order valence-electron chi connectivity index (χ2n) is 4.58. The van der Waals surface area contributed by atoms with Gasteiger partial charge in [0.15, 0.2) is 11.5 Å². The summed E-state index contributed by atoms with van der Waals surface area (Å²) in [7, 11) is 2.89. The van der Waals surface area contributed by atoms with Crippen molar-refractivity contribution in [3.63, 3.8) is 0 Å². The molecule has 0 spiro atoms. The molecule has 0 saturated carbocycles. The average Bonchev–Trinajstić information content (AvgIpc) is 2.46. The lowest BCUT2D eigenvalue weighted by atomic mass is 10.0. The molecule has 0 saturated heterocycles. The van der Waals surface area contributed by atoms with E-state index in [0.29, 0.717) is 10.8 Å². The SMILES string of the molecule is COc1cc(F)c(C(O)Cc2cccc(Cl)c2)cc1OC. The molecule has 0 aliphatic rings.